The predicted molar refractivity (Wildman–Crippen MR) is 61.5 cm³/mol. The van der Waals surface area contributed by atoms with Crippen LogP contribution in [0.25, 0.3) is 0 Å². The molecule has 1 rings (SSSR count). The van der Waals surface area contributed by atoms with Crippen LogP contribution in [-0.2, 0) is 9.53 Å². The van der Waals surface area contributed by atoms with Gasteiger partial charge in [-0.2, -0.15) is 0 Å². The molecule has 3 nitrogen and oxygen atoms in total. The molecule has 0 saturated carbocycles. The monoisotopic (exact) mass is 272 g/mol. The highest BCUT2D eigenvalue weighted by molar-refractivity contribution is 9.09. The van der Waals surface area contributed by atoms with Crippen LogP contribution in [0.5, 0.6) is 5.75 Å². The number of halogens is 1. The zero-order valence-electron chi connectivity index (χ0n) is 8.64. The minimum atomic E-state index is -0.329. The average molecular weight is 273 g/mol. The molecule has 0 fully saturated rings. The smallest absolute Gasteiger partial charge is 0.130 e. The van der Waals surface area contributed by atoms with E-state index in [1.807, 2.05) is 24.3 Å². The zero-order chi connectivity index (χ0) is 11.3. The number of alkyl halides is 1. The predicted octanol–water partition coefficient (Wildman–Crippen LogP) is 2.35. The van der Waals surface area contributed by atoms with Crippen LogP contribution in [0.1, 0.15) is 11.5 Å². The molecule has 0 bridgehead atoms. The number of hydrogen-bond acceptors (Lipinski definition) is 3. The Bertz CT molecular complexity index is 327. The maximum atomic E-state index is 11.0. The molecule has 0 saturated heterocycles. The highest BCUT2D eigenvalue weighted by Crippen LogP contribution is 2.26. The first-order valence-corrected chi connectivity index (χ1v) is 5.40. The summed E-state index contributed by atoms with van der Waals surface area (Å²) in [5, 5.41) is -0.317. The van der Waals surface area contributed by atoms with E-state index < -0.39 is 0 Å². The Morgan fingerprint density at radius 3 is 2.67 bits per heavy atom. The maximum Gasteiger partial charge on any atom is 0.130 e. The standard InChI is InChI=1S/C11H13BrO3/c1-14-9-5-3-4-8(6-9)10(7-13)11(12)15-2/h3-7,10-11H,1-2H3. The summed E-state index contributed by atoms with van der Waals surface area (Å²) in [6, 6.07) is 7.38. The second-order valence-electron chi connectivity index (χ2n) is 3.03. The van der Waals surface area contributed by atoms with Gasteiger partial charge in [0.1, 0.15) is 17.0 Å². The summed E-state index contributed by atoms with van der Waals surface area (Å²) in [5.41, 5.74) is 0.869. The Hall–Kier alpha value is -0.870. The van der Waals surface area contributed by atoms with E-state index in [1.165, 1.54) is 0 Å². The van der Waals surface area contributed by atoms with Gasteiger partial charge in [0, 0.05) is 7.11 Å². The van der Waals surface area contributed by atoms with Crippen LogP contribution >= 0.6 is 15.9 Å². The summed E-state index contributed by atoms with van der Waals surface area (Å²) in [5.74, 6) is 0.403. The maximum absolute atomic E-state index is 11.0. The van der Waals surface area contributed by atoms with Crippen molar-refractivity contribution in [2.75, 3.05) is 14.2 Å². The number of rotatable bonds is 5. The molecule has 0 N–H and O–H groups in total. The fourth-order valence-electron chi connectivity index (χ4n) is 1.29. The van der Waals surface area contributed by atoms with Crippen molar-refractivity contribution < 1.29 is 14.3 Å². The summed E-state index contributed by atoms with van der Waals surface area (Å²) in [7, 11) is 3.15. The first kappa shape index (κ1) is 12.2. The van der Waals surface area contributed by atoms with E-state index in [1.54, 1.807) is 14.2 Å². The Kier molecular flexibility index (Phi) is 4.78. The van der Waals surface area contributed by atoms with E-state index >= 15 is 0 Å². The molecular formula is C11H13BrO3. The second kappa shape index (κ2) is 5.88. The summed E-state index contributed by atoms with van der Waals surface area (Å²) < 4.78 is 10.2. The van der Waals surface area contributed by atoms with E-state index in [0.717, 1.165) is 17.6 Å². The number of carbonyl (C=O) groups excluding carboxylic acids is 1. The number of methoxy groups -OCH3 is 2. The van der Waals surface area contributed by atoms with Crippen LogP contribution in [0, 0.1) is 0 Å². The molecule has 0 radical (unpaired) electrons. The SMILES string of the molecule is COc1cccc(C(C=O)C(Br)OC)c1. The number of hydrogen-bond donors (Lipinski definition) is 0. The van der Waals surface area contributed by atoms with Crippen molar-refractivity contribution in [2.45, 2.75) is 10.9 Å². The van der Waals surface area contributed by atoms with Gasteiger partial charge in [-0.15, -0.1) is 0 Å². The minimum absolute atomic E-state index is 0.317. The highest BCUT2D eigenvalue weighted by atomic mass is 79.9. The second-order valence-corrected chi connectivity index (χ2v) is 3.93. The van der Waals surface area contributed by atoms with Gasteiger partial charge in [-0.05, 0) is 17.7 Å². The van der Waals surface area contributed by atoms with Crippen LogP contribution in [0.3, 0.4) is 0 Å². The summed E-state index contributed by atoms with van der Waals surface area (Å²) >= 11 is 3.29. The van der Waals surface area contributed by atoms with Crippen LogP contribution < -0.4 is 4.74 Å². The van der Waals surface area contributed by atoms with Gasteiger partial charge in [-0.25, -0.2) is 0 Å². The molecular weight excluding hydrogens is 260 g/mol. The third kappa shape index (κ3) is 3.04. The van der Waals surface area contributed by atoms with E-state index in [2.05, 4.69) is 15.9 Å². The number of carbonyl (C=O) groups is 1. The third-order valence-corrected chi connectivity index (χ3v) is 3.08. The van der Waals surface area contributed by atoms with Gasteiger partial charge in [0.05, 0.1) is 13.0 Å². The first-order valence-electron chi connectivity index (χ1n) is 4.49. The lowest BCUT2D eigenvalue weighted by atomic mass is 10.0. The van der Waals surface area contributed by atoms with Gasteiger partial charge in [0.15, 0.2) is 0 Å². The average Bonchev–Trinajstić information content (AvgIpc) is 2.30. The molecule has 0 amide bonds. The highest BCUT2D eigenvalue weighted by Gasteiger charge is 2.20. The fourth-order valence-corrected chi connectivity index (χ4v) is 1.72. The molecule has 15 heavy (non-hydrogen) atoms. The van der Waals surface area contributed by atoms with Crippen molar-refractivity contribution in [3.8, 4) is 5.75 Å². The summed E-state index contributed by atoms with van der Waals surface area (Å²) in [4.78, 5) is 11.0. The minimum Gasteiger partial charge on any atom is -0.497 e. The van der Waals surface area contributed by atoms with Gasteiger partial charge >= 0.3 is 0 Å². The largest absolute Gasteiger partial charge is 0.497 e. The van der Waals surface area contributed by atoms with Gasteiger partial charge in [0.25, 0.3) is 0 Å². The quantitative estimate of drug-likeness (QED) is 0.610. The van der Waals surface area contributed by atoms with Gasteiger partial charge < -0.3 is 14.3 Å². The lowest BCUT2D eigenvalue weighted by molar-refractivity contribution is -0.110. The van der Waals surface area contributed by atoms with E-state index in [9.17, 15) is 4.79 Å². The van der Waals surface area contributed by atoms with E-state index in [0.29, 0.717) is 0 Å². The van der Waals surface area contributed by atoms with Crippen molar-refractivity contribution in [2.24, 2.45) is 0 Å². The third-order valence-electron chi connectivity index (χ3n) is 2.13. The van der Waals surface area contributed by atoms with Gasteiger partial charge in [0.2, 0.25) is 0 Å². The molecule has 1 aromatic carbocycles. The molecule has 0 aliphatic heterocycles. The lowest BCUT2D eigenvalue weighted by Crippen LogP contribution is -2.15. The van der Waals surface area contributed by atoms with Crippen LogP contribution in [-0.4, -0.2) is 25.5 Å². The van der Waals surface area contributed by atoms with Gasteiger partial charge in [-0.1, -0.05) is 28.1 Å². The van der Waals surface area contributed by atoms with Crippen molar-refractivity contribution in [3.63, 3.8) is 0 Å². The fraction of sp³-hybridized carbons (Fsp3) is 0.364. The molecule has 1 aromatic rings. The van der Waals surface area contributed by atoms with E-state index in [-0.39, 0.29) is 10.9 Å². The Morgan fingerprint density at radius 2 is 2.13 bits per heavy atom. The molecule has 82 valence electrons. The van der Waals surface area contributed by atoms with Crippen LogP contribution in [0.2, 0.25) is 0 Å². The topological polar surface area (TPSA) is 35.5 Å². The van der Waals surface area contributed by atoms with Crippen molar-refractivity contribution in [1.82, 2.24) is 0 Å². The molecule has 2 unspecified atom stereocenters. The molecule has 0 heterocycles. The van der Waals surface area contributed by atoms with E-state index in [4.69, 9.17) is 9.47 Å². The molecule has 2 atom stereocenters. The summed E-state index contributed by atoms with van der Waals surface area (Å²) in [6.45, 7) is 0. The molecule has 0 spiro atoms. The Morgan fingerprint density at radius 1 is 1.40 bits per heavy atom. The van der Waals surface area contributed by atoms with Gasteiger partial charge in [-0.3, -0.25) is 0 Å². The molecule has 4 heteroatoms. The molecule has 0 aromatic heterocycles. The normalized spacial score (nSPS) is 14.3. The van der Waals surface area contributed by atoms with Crippen LogP contribution in [0.4, 0.5) is 0 Å². The number of aldehydes is 1. The molecule has 0 aliphatic carbocycles. The van der Waals surface area contributed by atoms with Crippen molar-refractivity contribution in [3.05, 3.63) is 29.8 Å². The zero-order valence-corrected chi connectivity index (χ0v) is 10.2. The van der Waals surface area contributed by atoms with Crippen LogP contribution in [0.15, 0.2) is 24.3 Å². The van der Waals surface area contributed by atoms with Crippen molar-refractivity contribution in [1.29, 1.82) is 0 Å². The van der Waals surface area contributed by atoms with Crippen molar-refractivity contribution >= 4 is 22.2 Å². The molecule has 0 aliphatic rings. The Labute approximate surface area is 97.5 Å². The summed E-state index contributed by atoms with van der Waals surface area (Å²) in [6.07, 6.45) is 0.859. The number of benzene rings is 1. The lowest BCUT2D eigenvalue weighted by Gasteiger charge is -2.16. The Balaban J connectivity index is 2.95. The number of ether oxygens (including phenoxy) is 2. The first-order chi connectivity index (χ1) is 7.22.